The molecule has 2 aromatic carbocycles. The number of nitrogens with one attached hydrogen (secondary N) is 1. The number of benzene rings is 2. The van der Waals surface area contributed by atoms with Gasteiger partial charge in [0.05, 0.1) is 17.2 Å². The number of amides is 2. The minimum absolute atomic E-state index is 0.00853. The lowest BCUT2D eigenvalue weighted by Crippen LogP contribution is -2.57. The molecule has 2 aromatic heterocycles. The van der Waals surface area contributed by atoms with Crippen molar-refractivity contribution in [2.75, 3.05) is 19.6 Å². The van der Waals surface area contributed by atoms with Crippen LogP contribution in [0.1, 0.15) is 32.6 Å². The van der Waals surface area contributed by atoms with Crippen molar-refractivity contribution in [1.29, 1.82) is 0 Å². The highest BCUT2D eigenvalue weighted by Crippen LogP contribution is 2.37. The molecule has 0 spiro atoms. The van der Waals surface area contributed by atoms with Crippen molar-refractivity contribution in [3.8, 4) is 0 Å². The van der Waals surface area contributed by atoms with Gasteiger partial charge in [-0.05, 0) is 54.0 Å². The smallest absolute Gasteiger partial charge is 0.361 e. The number of hydrogen-bond acceptors (Lipinski definition) is 3. The molecule has 3 heterocycles. The lowest BCUT2D eigenvalue weighted by Gasteiger charge is -2.41. The van der Waals surface area contributed by atoms with Gasteiger partial charge in [0.2, 0.25) is 5.91 Å². The van der Waals surface area contributed by atoms with Gasteiger partial charge in [0.25, 0.3) is 5.91 Å². The maximum Gasteiger partial charge on any atom is 0.416 e. The molecular formula is C30H24F6N4O2. The number of piperazine rings is 1. The van der Waals surface area contributed by atoms with Gasteiger partial charge in [0, 0.05) is 60.8 Å². The maximum atomic E-state index is 13.6. The van der Waals surface area contributed by atoms with Gasteiger partial charge in [-0.15, -0.1) is 0 Å². The minimum Gasteiger partial charge on any atom is -0.361 e. The predicted octanol–water partition coefficient (Wildman–Crippen LogP) is 6.21. The second kappa shape index (κ2) is 11.3. The number of aromatic amines is 1. The van der Waals surface area contributed by atoms with Crippen molar-refractivity contribution in [3.63, 3.8) is 0 Å². The van der Waals surface area contributed by atoms with Gasteiger partial charge in [-0.3, -0.25) is 14.6 Å². The number of H-pyrrole nitrogens is 1. The van der Waals surface area contributed by atoms with E-state index >= 15 is 0 Å². The monoisotopic (exact) mass is 586 g/mol. The number of carbonyl (C=O) groups excluding carboxylic acids is 2. The number of rotatable bonds is 5. The first-order chi connectivity index (χ1) is 19.9. The fraction of sp³-hybridized carbons (Fsp3) is 0.233. The molecule has 1 aliphatic rings. The van der Waals surface area contributed by atoms with Crippen LogP contribution >= 0.6 is 0 Å². The van der Waals surface area contributed by atoms with Crippen LogP contribution in [-0.2, 0) is 23.6 Å². The summed E-state index contributed by atoms with van der Waals surface area (Å²) in [5.41, 5.74) is -1.56. The van der Waals surface area contributed by atoms with Crippen LogP contribution in [0.15, 0.2) is 79.3 Å². The molecule has 0 unspecified atom stereocenters. The summed E-state index contributed by atoms with van der Waals surface area (Å²) in [5.74, 6) is -1.33. The van der Waals surface area contributed by atoms with E-state index in [4.69, 9.17) is 0 Å². The molecule has 42 heavy (non-hydrogen) atoms. The van der Waals surface area contributed by atoms with Gasteiger partial charge < -0.3 is 14.8 Å². The van der Waals surface area contributed by atoms with Crippen LogP contribution in [0.4, 0.5) is 26.3 Å². The van der Waals surface area contributed by atoms with Crippen molar-refractivity contribution in [2.24, 2.45) is 0 Å². The molecule has 6 nitrogen and oxygen atoms in total. The molecule has 218 valence electrons. The van der Waals surface area contributed by atoms with Gasteiger partial charge in [-0.1, -0.05) is 24.3 Å². The van der Waals surface area contributed by atoms with Gasteiger partial charge in [-0.25, -0.2) is 0 Å². The van der Waals surface area contributed by atoms with Crippen molar-refractivity contribution in [2.45, 2.75) is 24.8 Å². The van der Waals surface area contributed by atoms with Crippen LogP contribution < -0.4 is 0 Å². The Morgan fingerprint density at radius 2 is 1.67 bits per heavy atom. The third-order valence-corrected chi connectivity index (χ3v) is 7.12. The molecule has 5 rings (SSSR count). The Morgan fingerprint density at radius 1 is 0.952 bits per heavy atom. The van der Waals surface area contributed by atoms with Crippen molar-refractivity contribution < 1.29 is 35.9 Å². The largest absolute Gasteiger partial charge is 0.416 e. The Labute approximate surface area is 236 Å². The number of alkyl halides is 6. The summed E-state index contributed by atoms with van der Waals surface area (Å²) in [6.07, 6.45) is -2.13. The molecule has 0 bridgehead atoms. The molecule has 1 aliphatic heterocycles. The lowest BCUT2D eigenvalue weighted by molar-refractivity contribution is -0.143. The standard InChI is InChI=1S/C30H24F6N4O2/c31-29(32,33)22-12-20(13-23(15-22)30(34,35)36)28(42)40-11-10-39(27(41)8-7-19-4-3-9-37-16-19)18-24(40)14-21-17-38-26-6-2-1-5-25(21)26/h1-9,12-13,15-17,24,38H,10-11,14,18H2/b8-7+/t24-/m1/s1. The van der Waals surface area contributed by atoms with Crippen LogP contribution in [0.5, 0.6) is 0 Å². The number of halogens is 6. The quantitative estimate of drug-likeness (QED) is 0.223. The normalized spacial score (nSPS) is 16.4. The van der Waals surface area contributed by atoms with Gasteiger partial charge >= 0.3 is 12.4 Å². The SMILES string of the molecule is O=C(/C=C/c1cccnc1)N1CCN(C(=O)c2cc(C(F)(F)F)cc(C(F)(F)F)c2)[C@H](Cc2c[nH]c3ccccc23)C1. The molecule has 1 fully saturated rings. The van der Waals surface area contributed by atoms with Crippen LogP contribution in [0, 0.1) is 0 Å². The first kappa shape index (κ1) is 28.9. The zero-order valence-electron chi connectivity index (χ0n) is 21.9. The van der Waals surface area contributed by atoms with E-state index in [0.29, 0.717) is 17.7 Å². The summed E-state index contributed by atoms with van der Waals surface area (Å²) in [5, 5.41) is 0.850. The maximum absolute atomic E-state index is 13.6. The van der Waals surface area contributed by atoms with E-state index in [1.807, 2.05) is 24.3 Å². The van der Waals surface area contributed by atoms with Crippen LogP contribution in [0.3, 0.4) is 0 Å². The van der Waals surface area contributed by atoms with Crippen LogP contribution in [0.2, 0.25) is 0 Å². The van der Waals surface area contributed by atoms with E-state index < -0.39 is 41.0 Å². The minimum atomic E-state index is -5.09. The number of pyridine rings is 1. The van der Waals surface area contributed by atoms with E-state index in [-0.39, 0.29) is 38.0 Å². The molecule has 0 saturated carbocycles. The fourth-order valence-electron chi connectivity index (χ4n) is 5.04. The van der Waals surface area contributed by atoms with Crippen LogP contribution in [0.25, 0.3) is 17.0 Å². The summed E-state index contributed by atoms with van der Waals surface area (Å²) in [6, 6.07) is 11.0. The summed E-state index contributed by atoms with van der Waals surface area (Å²) < 4.78 is 81.0. The van der Waals surface area contributed by atoms with E-state index in [1.54, 1.807) is 36.8 Å². The lowest BCUT2D eigenvalue weighted by atomic mass is 9.98. The third kappa shape index (κ3) is 6.32. The summed E-state index contributed by atoms with van der Waals surface area (Å²) in [7, 11) is 0. The summed E-state index contributed by atoms with van der Waals surface area (Å²) in [4.78, 5) is 36.5. The van der Waals surface area contributed by atoms with Gasteiger partial charge in [0.15, 0.2) is 0 Å². The Hall–Kier alpha value is -4.61. The number of fused-ring (bicyclic) bond motifs is 1. The number of carbonyl (C=O) groups is 2. The molecule has 0 radical (unpaired) electrons. The molecule has 1 atom stereocenters. The highest BCUT2D eigenvalue weighted by atomic mass is 19.4. The van der Waals surface area contributed by atoms with Crippen molar-refractivity contribution in [1.82, 2.24) is 19.8 Å². The topological polar surface area (TPSA) is 69.3 Å². The molecule has 2 amide bonds. The number of nitrogens with zero attached hydrogens (tertiary/aromatic N) is 3. The molecular weight excluding hydrogens is 562 g/mol. The predicted molar refractivity (Wildman–Crippen MR) is 143 cm³/mol. The highest BCUT2D eigenvalue weighted by molar-refractivity contribution is 5.96. The highest BCUT2D eigenvalue weighted by Gasteiger charge is 2.39. The van der Waals surface area contributed by atoms with Crippen LogP contribution in [-0.4, -0.2) is 57.3 Å². The first-order valence-electron chi connectivity index (χ1n) is 12.9. The average molecular weight is 587 g/mol. The van der Waals surface area contributed by atoms with E-state index in [9.17, 15) is 35.9 Å². The average Bonchev–Trinajstić information content (AvgIpc) is 3.37. The number of para-hydroxylation sites is 1. The summed E-state index contributed by atoms with van der Waals surface area (Å²) in [6.45, 7) is -0.0279. The van der Waals surface area contributed by atoms with Gasteiger partial charge in [0.1, 0.15) is 0 Å². The Bertz CT molecular complexity index is 1600. The molecule has 4 aromatic rings. The molecule has 0 aliphatic carbocycles. The Balaban J connectivity index is 1.47. The third-order valence-electron chi connectivity index (χ3n) is 7.12. The van der Waals surface area contributed by atoms with E-state index in [2.05, 4.69) is 9.97 Å². The van der Waals surface area contributed by atoms with E-state index in [0.717, 1.165) is 16.5 Å². The van der Waals surface area contributed by atoms with E-state index in [1.165, 1.54) is 15.9 Å². The van der Waals surface area contributed by atoms with Crippen molar-refractivity contribution >= 4 is 28.8 Å². The zero-order valence-corrected chi connectivity index (χ0v) is 21.9. The molecule has 1 N–H and O–H groups in total. The fourth-order valence-corrected chi connectivity index (χ4v) is 5.04. The molecule has 1 saturated heterocycles. The zero-order chi connectivity index (χ0) is 30.1. The van der Waals surface area contributed by atoms with Crippen molar-refractivity contribution in [3.05, 3.63) is 107 Å². The summed E-state index contributed by atoms with van der Waals surface area (Å²) >= 11 is 0. The Morgan fingerprint density at radius 3 is 2.33 bits per heavy atom. The molecule has 12 heteroatoms. The second-order valence-electron chi connectivity index (χ2n) is 9.91. The first-order valence-corrected chi connectivity index (χ1v) is 12.9. The number of aromatic nitrogens is 2. The van der Waals surface area contributed by atoms with Gasteiger partial charge in [-0.2, -0.15) is 26.3 Å². The second-order valence-corrected chi connectivity index (χ2v) is 9.91. The Kier molecular flexibility index (Phi) is 7.81. The number of hydrogen-bond donors (Lipinski definition) is 1.